The second-order valence-corrected chi connectivity index (χ2v) is 10.5. The van der Waals surface area contributed by atoms with E-state index >= 15 is 0 Å². The summed E-state index contributed by atoms with van der Waals surface area (Å²) >= 11 is 12.5. The maximum Gasteiger partial charge on any atom is 0.253 e. The summed E-state index contributed by atoms with van der Waals surface area (Å²) in [5.41, 5.74) is 2.40. The smallest absolute Gasteiger partial charge is 0.253 e. The van der Waals surface area contributed by atoms with Gasteiger partial charge in [-0.15, -0.1) is 0 Å². The van der Waals surface area contributed by atoms with Gasteiger partial charge in [0.2, 0.25) is 10.0 Å². The highest BCUT2D eigenvalue weighted by Gasteiger charge is 2.28. The number of rotatable bonds is 5. The largest absolute Gasteiger partial charge is 0.345 e. The quantitative estimate of drug-likeness (QED) is 0.649. The summed E-state index contributed by atoms with van der Waals surface area (Å²) in [5, 5.41) is 3.12. The molecule has 0 radical (unpaired) electrons. The van der Waals surface area contributed by atoms with Crippen molar-refractivity contribution >= 4 is 39.1 Å². The van der Waals surface area contributed by atoms with Gasteiger partial charge in [-0.2, -0.15) is 0 Å². The van der Waals surface area contributed by atoms with Crippen molar-refractivity contribution in [2.45, 2.75) is 61.9 Å². The average molecular weight is 467 g/mol. The minimum atomic E-state index is -3.86. The van der Waals surface area contributed by atoms with Crippen molar-refractivity contribution in [3.05, 3.63) is 63.1 Å². The highest BCUT2D eigenvalue weighted by Crippen LogP contribution is 2.33. The first-order valence-electron chi connectivity index (χ1n) is 10.3. The van der Waals surface area contributed by atoms with Crippen LogP contribution in [0.25, 0.3) is 0 Å². The molecule has 8 heteroatoms. The van der Waals surface area contributed by atoms with Gasteiger partial charge in [-0.1, -0.05) is 66.7 Å². The third-order valence-corrected chi connectivity index (χ3v) is 8.22. The van der Waals surface area contributed by atoms with Gasteiger partial charge in [0.1, 0.15) is 4.90 Å². The van der Waals surface area contributed by atoms with E-state index in [4.69, 9.17) is 23.2 Å². The zero-order chi connectivity index (χ0) is 21.3. The fraction of sp³-hybridized carbons (Fsp3) is 0.409. The zero-order valence-corrected chi connectivity index (χ0v) is 18.8. The van der Waals surface area contributed by atoms with E-state index in [1.165, 1.54) is 17.7 Å². The fourth-order valence-corrected chi connectivity index (χ4v) is 6.52. The molecule has 0 aromatic heterocycles. The molecule has 0 spiro atoms. The molecule has 2 N–H and O–H groups in total. The highest BCUT2D eigenvalue weighted by molar-refractivity contribution is 7.89. The summed E-state index contributed by atoms with van der Waals surface area (Å²) in [6.45, 7) is 0. The van der Waals surface area contributed by atoms with Crippen molar-refractivity contribution in [2.24, 2.45) is 0 Å². The van der Waals surface area contributed by atoms with Crippen LogP contribution in [0.3, 0.4) is 0 Å². The van der Waals surface area contributed by atoms with Crippen LogP contribution < -0.4 is 10.0 Å². The third kappa shape index (κ3) is 4.52. The van der Waals surface area contributed by atoms with Crippen LogP contribution in [-0.4, -0.2) is 20.4 Å². The predicted octanol–water partition coefficient (Wildman–Crippen LogP) is 5.02. The Bertz CT molecular complexity index is 1070. The van der Waals surface area contributed by atoms with E-state index < -0.39 is 15.9 Å². The van der Waals surface area contributed by atoms with Gasteiger partial charge < -0.3 is 5.32 Å². The van der Waals surface area contributed by atoms with E-state index in [0.29, 0.717) is 0 Å². The summed E-state index contributed by atoms with van der Waals surface area (Å²) < 4.78 is 28.6. The van der Waals surface area contributed by atoms with Crippen molar-refractivity contribution in [3.8, 4) is 0 Å². The first-order valence-corrected chi connectivity index (χ1v) is 12.5. The Morgan fingerprint density at radius 1 is 0.967 bits per heavy atom. The molecule has 1 fully saturated rings. The lowest BCUT2D eigenvalue weighted by molar-refractivity contribution is 0.0936. The number of halogens is 2. The monoisotopic (exact) mass is 466 g/mol. The summed E-state index contributed by atoms with van der Waals surface area (Å²) in [6, 6.07) is 10.4. The van der Waals surface area contributed by atoms with Gasteiger partial charge >= 0.3 is 0 Å². The van der Waals surface area contributed by atoms with Crippen LogP contribution in [-0.2, 0) is 16.4 Å². The molecule has 160 valence electrons. The molecular weight excluding hydrogens is 443 g/mol. The van der Waals surface area contributed by atoms with Crippen molar-refractivity contribution in [3.63, 3.8) is 0 Å². The summed E-state index contributed by atoms with van der Waals surface area (Å²) in [7, 11) is -3.86. The van der Waals surface area contributed by atoms with Gasteiger partial charge in [0, 0.05) is 6.04 Å². The molecule has 2 aliphatic carbocycles. The Hall–Kier alpha value is -1.60. The van der Waals surface area contributed by atoms with E-state index in [1.807, 2.05) is 18.2 Å². The lowest BCUT2D eigenvalue weighted by Gasteiger charge is -2.23. The van der Waals surface area contributed by atoms with Crippen LogP contribution in [0.2, 0.25) is 10.0 Å². The van der Waals surface area contributed by atoms with Gasteiger partial charge in [0.05, 0.1) is 21.7 Å². The number of hydrogen-bond donors (Lipinski definition) is 2. The number of nitrogens with one attached hydrogen (secondary N) is 2. The van der Waals surface area contributed by atoms with Crippen molar-refractivity contribution in [1.82, 2.24) is 10.0 Å². The van der Waals surface area contributed by atoms with E-state index in [1.54, 1.807) is 0 Å². The molecule has 4 rings (SSSR count). The molecule has 1 saturated carbocycles. The SMILES string of the molecule is O=C(NC1CCc2ccccc21)c1cc(S(=O)(=O)NC2CCCCC2)c(Cl)cc1Cl. The maximum atomic E-state index is 13.0. The molecule has 0 aliphatic heterocycles. The molecular formula is C22H24Cl2N2O3S. The molecule has 2 aromatic carbocycles. The van der Waals surface area contributed by atoms with Crippen LogP contribution >= 0.6 is 23.2 Å². The molecule has 2 aliphatic rings. The molecule has 30 heavy (non-hydrogen) atoms. The average Bonchev–Trinajstić information content (AvgIpc) is 3.11. The number of amides is 1. The lowest BCUT2D eigenvalue weighted by Crippen LogP contribution is -2.36. The standard InChI is InChI=1S/C22H24Cl2N2O3S/c23-18-13-19(24)21(30(28,29)26-15-7-2-1-3-8-15)12-17(18)22(27)25-20-11-10-14-6-4-5-9-16(14)20/h4-6,9,12-13,15,20,26H,1-3,7-8,10-11H2,(H,25,27). The zero-order valence-electron chi connectivity index (χ0n) is 16.5. The molecule has 2 aromatic rings. The molecule has 1 atom stereocenters. The van der Waals surface area contributed by atoms with Crippen LogP contribution in [0.4, 0.5) is 0 Å². The molecule has 5 nitrogen and oxygen atoms in total. The molecule has 1 unspecified atom stereocenters. The second kappa shape index (κ2) is 8.87. The molecule has 1 amide bonds. The van der Waals surface area contributed by atoms with Crippen LogP contribution in [0.5, 0.6) is 0 Å². The van der Waals surface area contributed by atoms with Gasteiger partial charge in [-0.3, -0.25) is 4.79 Å². The van der Waals surface area contributed by atoms with Crippen LogP contribution in [0, 0.1) is 0 Å². The Morgan fingerprint density at radius 3 is 2.47 bits per heavy atom. The fourth-order valence-electron chi connectivity index (χ4n) is 4.36. The second-order valence-electron chi connectivity index (χ2n) is 7.98. The van der Waals surface area contributed by atoms with E-state index in [2.05, 4.69) is 16.1 Å². The Kier molecular flexibility index (Phi) is 6.39. The number of fused-ring (bicyclic) bond motifs is 1. The first kappa shape index (κ1) is 21.6. The normalized spacial score (nSPS) is 19.5. The molecule has 0 heterocycles. The van der Waals surface area contributed by atoms with Gasteiger partial charge in [-0.25, -0.2) is 13.1 Å². The van der Waals surface area contributed by atoms with Gasteiger partial charge in [0.15, 0.2) is 0 Å². The van der Waals surface area contributed by atoms with E-state index in [9.17, 15) is 13.2 Å². The minimum absolute atomic E-state index is 0.00562. The number of hydrogen-bond acceptors (Lipinski definition) is 3. The van der Waals surface area contributed by atoms with Crippen LogP contribution in [0.1, 0.15) is 66.1 Å². The molecule has 0 saturated heterocycles. The number of aryl methyl sites for hydroxylation is 1. The van der Waals surface area contributed by atoms with Crippen molar-refractivity contribution in [1.29, 1.82) is 0 Å². The maximum absolute atomic E-state index is 13.0. The lowest BCUT2D eigenvalue weighted by atomic mass is 9.96. The van der Waals surface area contributed by atoms with Gasteiger partial charge in [0.25, 0.3) is 5.91 Å². The summed E-state index contributed by atoms with van der Waals surface area (Å²) in [6.07, 6.45) is 6.41. The van der Waals surface area contributed by atoms with E-state index in [0.717, 1.165) is 50.5 Å². The highest BCUT2D eigenvalue weighted by atomic mass is 35.5. The molecule has 0 bridgehead atoms. The Labute approximate surface area is 187 Å². The number of benzene rings is 2. The first-order chi connectivity index (χ1) is 14.3. The number of sulfonamides is 1. The summed E-state index contributed by atoms with van der Waals surface area (Å²) in [5.74, 6) is -0.410. The van der Waals surface area contributed by atoms with E-state index in [-0.39, 0.29) is 32.6 Å². The number of carbonyl (C=O) groups is 1. The predicted molar refractivity (Wildman–Crippen MR) is 119 cm³/mol. The Morgan fingerprint density at radius 2 is 1.70 bits per heavy atom. The minimum Gasteiger partial charge on any atom is -0.345 e. The number of carbonyl (C=O) groups excluding carboxylic acids is 1. The third-order valence-electron chi connectivity index (χ3n) is 5.92. The Balaban J connectivity index is 1.57. The van der Waals surface area contributed by atoms with Crippen molar-refractivity contribution in [2.75, 3.05) is 0 Å². The topological polar surface area (TPSA) is 75.3 Å². The van der Waals surface area contributed by atoms with Crippen molar-refractivity contribution < 1.29 is 13.2 Å². The van der Waals surface area contributed by atoms with Crippen LogP contribution in [0.15, 0.2) is 41.3 Å². The van der Waals surface area contributed by atoms with Gasteiger partial charge in [-0.05, 0) is 48.9 Å². The summed E-state index contributed by atoms with van der Waals surface area (Å²) in [4.78, 5) is 12.8.